The molecule has 6 nitrogen and oxygen atoms in total. The Bertz CT molecular complexity index is 1470. The van der Waals surface area contributed by atoms with Crippen LogP contribution in [0.15, 0.2) is 47.4 Å². The molecule has 6 rings (SSSR count). The van der Waals surface area contributed by atoms with Gasteiger partial charge in [-0.3, -0.25) is 14.7 Å². The lowest BCUT2D eigenvalue weighted by molar-refractivity contribution is 0.0364. The molecule has 0 atom stereocenters. The van der Waals surface area contributed by atoms with Crippen LogP contribution in [0.2, 0.25) is 0 Å². The largest absolute Gasteiger partial charge is 0.493 e. The van der Waals surface area contributed by atoms with E-state index in [4.69, 9.17) is 14.5 Å². The minimum absolute atomic E-state index is 0.0452. The highest BCUT2D eigenvalue weighted by atomic mass is 16.5. The Kier molecular flexibility index (Phi) is 5.78. The molecule has 0 N–H and O–H groups in total. The summed E-state index contributed by atoms with van der Waals surface area (Å²) in [7, 11) is 0. The van der Waals surface area contributed by atoms with Crippen molar-refractivity contribution in [3.05, 3.63) is 69.6 Å². The smallest absolute Gasteiger partial charge is 0.251 e. The van der Waals surface area contributed by atoms with E-state index >= 15 is 0 Å². The summed E-state index contributed by atoms with van der Waals surface area (Å²) in [6.45, 7) is 9.92. The molecule has 0 amide bonds. The molecule has 2 aromatic carbocycles. The van der Waals surface area contributed by atoms with Crippen molar-refractivity contribution in [2.75, 3.05) is 39.5 Å². The lowest BCUT2D eigenvalue weighted by Crippen LogP contribution is -2.39. The van der Waals surface area contributed by atoms with Crippen LogP contribution in [0.25, 0.3) is 32.9 Å². The van der Waals surface area contributed by atoms with Crippen molar-refractivity contribution in [1.29, 1.82) is 0 Å². The maximum Gasteiger partial charge on any atom is 0.251 e. The standard InChI is InChI=1S/C29H31N3O3/c1-3-21-19(2)18-24-22(5-7-26(33)32(24)12-11-31-13-16-34-17-14-31)28(21)23-4-6-25-27-20(9-15-35-25)8-10-30-29(23)27/h4-8,10,18H,3,9,11-17H2,1-2H3. The number of fused-ring (bicyclic) bond motifs is 1. The van der Waals surface area contributed by atoms with Crippen LogP contribution < -0.4 is 10.3 Å². The van der Waals surface area contributed by atoms with E-state index in [0.717, 1.165) is 78.8 Å². The first kappa shape index (κ1) is 22.3. The number of hydrogen-bond donors (Lipinski definition) is 0. The quantitative estimate of drug-likeness (QED) is 0.435. The molecule has 1 fully saturated rings. The van der Waals surface area contributed by atoms with Crippen molar-refractivity contribution in [3.63, 3.8) is 0 Å². The maximum absolute atomic E-state index is 13.1. The summed E-state index contributed by atoms with van der Waals surface area (Å²) < 4.78 is 13.4. The molecule has 0 radical (unpaired) electrons. The zero-order valence-electron chi connectivity index (χ0n) is 20.5. The number of aromatic nitrogens is 2. The molecule has 0 bridgehead atoms. The Morgan fingerprint density at radius 1 is 1.03 bits per heavy atom. The minimum atomic E-state index is 0.0452. The van der Waals surface area contributed by atoms with Crippen molar-refractivity contribution in [2.45, 2.75) is 33.2 Å². The Balaban J connectivity index is 1.57. The molecule has 4 aromatic rings. The third-order valence-electron chi connectivity index (χ3n) is 7.56. The Labute approximate surface area is 205 Å². The first-order chi connectivity index (χ1) is 17.2. The predicted molar refractivity (Wildman–Crippen MR) is 140 cm³/mol. The molecule has 0 unspecified atom stereocenters. The molecular formula is C29H31N3O3. The summed E-state index contributed by atoms with van der Waals surface area (Å²) >= 11 is 0. The lowest BCUT2D eigenvalue weighted by Gasteiger charge is -2.27. The van der Waals surface area contributed by atoms with Crippen molar-refractivity contribution >= 4 is 21.8 Å². The van der Waals surface area contributed by atoms with Gasteiger partial charge in [-0.05, 0) is 65.9 Å². The van der Waals surface area contributed by atoms with Crippen molar-refractivity contribution < 1.29 is 9.47 Å². The molecule has 1 saturated heterocycles. The van der Waals surface area contributed by atoms with Gasteiger partial charge in [0.2, 0.25) is 0 Å². The van der Waals surface area contributed by atoms with Gasteiger partial charge in [-0.1, -0.05) is 6.92 Å². The van der Waals surface area contributed by atoms with Crippen molar-refractivity contribution in [1.82, 2.24) is 14.5 Å². The van der Waals surface area contributed by atoms with E-state index < -0.39 is 0 Å². The zero-order chi connectivity index (χ0) is 23.9. The molecule has 2 aromatic heterocycles. The lowest BCUT2D eigenvalue weighted by atomic mass is 9.88. The van der Waals surface area contributed by atoms with Crippen LogP contribution in [0, 0.1) is 6.92 Å². The monoisotopic (exact) mass is 469 g/mol. The molecule has 0 aliphatic carbocycles. The maximum atomic E-state index is 13.1. The Hall–Kier alpha value is -3.22. The summed E-state index contributed by atoms with van der Waals surface area (Å²) in [5.74, 6) is 0.913. The second kappa shape index (κ2) is 9.10. The number of ether oxygens (including phenoxy) is 2. The number of nitrogens with zero attached hydrogens (tertiary/aromatic N) is 3. The van der Waals surface area contributed by atoms with E-state index in [1.807, 2.05) is 16.8 Å². The van der Waals surface area contributed by atoms with E-state index in [0.29, 0.717) is 13.2 Å². The van der Waals surface area contributed by atoms with Gasteiger partial charge < -0.3 is 14.0 Å². The Morgan fingerprint density at radius 3 is 2.71 bits per heavy atom. The third kappa shape index (κ3) is 3.81. The summed E-state index contributed by atoms with van der Waals surface area (Å²) in [5.41, 5.74) is 8.11. The van der Waals surface area contributed by atoms with Crippen LogP contribution in [0.3, 0.4) is 0 Å². The first-order valence-corrected chi connectivity index (χ1v) is 12.7. The van der Waals surface area contributed by atoms with Crippen molar-refractivity contribution in [2.24, 2.45) is 0 Å². The van der Waals surface area contributed by atoms with Crippen LogP contribution in [0.1, 0.15) is 23.6 Å². The van der Waals surface area contributed by atoms with Gasteiger partial charge in [-0.15, -0.1) is 0 Å². The van der Waals surface area contributed by atoms with E-state index in [2.05, 4.69) is 43.0 Å². The number of benzene rings is 2. The molecule has 180 valence electrons. The normalized spacial score (nSPS) is 16.1. The molecular weight excluding hydrogens is 438 g/mol. The predicted octanol–water partition coefficient (Wildman–Crippen LogP) is 4.35. The zero-order valence-corrected chi connectivity index (χ0v) is 20.5. The second-order valence-corrected chi connectivity index (χ2v) is 9.51. The third-order valence-corrected chi connectivity index (χ3v) is 7.56. The van der Waals surface area contributed by atoms with Gasteiger partial charge in [-0.25, -0.2) is 0 Å². The molecule has 0 saturated carbocycles. The van der Waals surface area contributed by atoms with E-state index in [1.54, 1.807) is 6.07 Å². The average molecular weight is 470 g/mol. The van der Waals surface area contributed by atoms with E-state index in [-0.39, 0.29) is 5.56 Å². The van der Waals surface area contributed by atoms with E-state index in [9.17, 15) is 4.79 Å². The van der Waals surface area contributed by atoms with Gasteiger partial charge in [0.15, 0.2) is 0 Å². The fraction of sp³-hybridized carbons (Fsp3) is 0.379. The topological polar surface area (TPSA) is 56.6 Å². The van der Waals surface area contributed by atoms with Crippen LogP contribution in [0.5, 0.6) is 5.75 Å². The molecule has 35 heavy (non-hydrogen) atoms. The van der Waals surface area contributed by atoms with Gasteiger partial charge in [0.1, 0.15) is 5.75 Å². The molecule has 2 aliphatic rings. The van der Waals surface area contributed by atoms with Gasteiger partial charge in [-0.2, -0.15) is 0 Å². The number of hydrogen-bond acceptors (Lipinski definition) is 5. The van der Waals surface area contributed by atoms with Crippen LogP contribution in [-0.4, -0.2) is 53.9 Å². The number of rotatable bonds is 5. The fourth-order valence-corrected chi connectivity index (χ4v) is 5.78. The summed E-state index contributed by atoms with van der Waals surface area (Å²) in [6, 6.07) is 12.3. The van der Waals surface area contributed by atoms with Gasteiger partial charge in [0.25, 0.3) is 5.56 Å². The van der Waals surface area contributed by atoms with Crippen LogP contribution in [0.4, 0.5) is 0 Å². The fourth-order valence-electron chi connectivity index (χ4n) is 5.78. The number of morpholine rings is 1. The SMILES string of the molecule is CCc1c(C)cc2c(ccc(=O)n2CCN2CCOCC2)c1-c1ccc2c3c(ccnc13)CCO2. The highest BCUT2D eigenvalue weighted by Crippen LogP contribution is 2.42. The molecule has 6 heteroatoms. The number of aryl methyl sites for hydroxylation is 1. The highest BCUT2D eigenvalue weighted by molar-refractivity contribution is 6.07. The highest BCUT2D eigenvalue weighted by Gasteiger charge is 2.22. The first-order valence-electron chi connectivity index (χ1n) is 12.7. The average Bonchev–Trinajstić information content (AvgIpc) is 2.89. The minimum Gasteiger partial charge on any atom is -0.493 e. The summed E-state index contributed by atoms with van der Waals surface area (Å²) in [5, 5.41) is 2.22. The number of pyridine rings is 2. The van der Waals surface area contributed by atoms with E-state index in [1.165, 1.54) is 22.3 Å². The molecule has 4 heterocycles. The van der Waals surface area contributed by atoms with Gasteiger partial charge >= 0.3 is 0 Å². The molecule has 2 aliphatic heterocycles. The Morgan fingerprint density at radius 2 is 1.89 bits per heavy atom. The van der Waals surface area contributed by atoms with Crippen LogP contribution >= 0.6 is 0 Å². The molecule has 0 spiro atoms. The van der Waals surface area contributed by atoms with Gasteiger partial charge in [0, 0.05) is 61.2 Å². The summed E-state index contributed by atoms with van der Waals surface area (Å²) in [4.78, 5) is 20.3. The van der Waals surface area contributed by atoms with Crippen molar-refractivity contribution in [3.8, 4) is 16.9 Å². The van der Waals surface area contributed by atoms with Crippen LogP contribution in [-0.2, 0) is 24.1 Å². The second-order valence-electron chi connectivity index (χ2n) is 9.51. The van der Waals surface area contributed by atoms with Gasteiger partial charge in [0.05, 0.1) is 30.9 Å². The summed E-state index contributed by atoms with van der Waals surface area (Å²) in [6.07, 6.45) is 3.72.